The molecule has 3 rings (SSSR count). The Morgan fingerprint density at radius 3 is 2.58 bits per heavy atom. The highest BCUT2D eigenvalue weighted by molar-refractivity contribution is 5.67. The van der Waals surface area contributed by atoms with Crippen LogP contribution in [0.5, 0.6) is 0 Å². The molecule has 6 heteroatoms. The van der Waals surface area contributed by atoms with Crippen LogP contribution in [0.1, 0.15) is 32.3 Å². The summed E-state index contributed by atoms with van der Waals surface area (Å²) in [5, 5.41) is 6.59. The number of nitrogens with zero attached hydrogens (tertiary/aromatic N) is 1. The van der Waals surface area contributed by atoms with E-state index in [4.69, 9.17) is 9.47 Å². The standard InChI is InChI=1S/C20H31N3O3/c1-20(2,23-8-10-25-11-9-23)15-21-17-12-18(13-17)22-19(24)26-14-16-6-4-3-5-7-16/h3-7,17-18,21H,8-15H2,1-2H3,(H,22,24). The second kappa shape index (κ2) is 8.84. The average Bonchev–Trinajstić information content (AvgIpc) is 2.63. The van der Waals surface area contributed by atoms with Gasteiger partial charge in [0, 0.05) is 37.3 Å². The summed E-state index contributed by atoms with van der Waals surface area (Å²) in [6, 6.07) is 10.4. The minimum atomic E-state index is -0.328. The minimum absolute atomic E-state index is 0.122. The number of carbonyl (C=O) groups excluding carboxylic acids is 1. The molecule has 1 saturated heterocycles. The van der Waals surface area contributed by atoms with Crippen molar-refractivity contribution in [2.24, 2.45) is 0 Å². The third-order valence-corrected chi connectivity index (χ3v) is 5.36. The van der Waals surface area contributed by atoms with Gasteiger partial charge in [0.05, 0.1) is 13.2 Å². The van der Waals surface area contributed by atoms with Crippen molar-refractivity contribution in [3.63, 3.8) is 0 Å². The molecule has 1 aromatic carbocycles. The number of alkyl carbamates (subject to hydrolysis) is 1. The molecule has 0 radical (unpaired) electrons. The highest BCUT2D eigenvalue weighted by Gasteiger charge is 2.33. The lowest BCUT2D eigenvalue weighted by molar-refractivity contribution is -0.0114. The summed E-state index contributed by atoms with van der Waals surface area (Å²) < 4.78 is 10.7. The molecular weight excluding hydrogens is 330 g/mol. The van der Waals surface area contributed by atoms with Crippen LogP contribution >= 0.6 is 0 Å². The van der Waals surface area contributed by atoms with Gasteiger partial charge in [0.1, 0.15) is 6.61 Å². The third kappa shape index (κ3) is 5.43. The fourth-order valence-electron chi connectivity index (χ4n) is 3.51. The van der Waals surface area contributed by atoms with Gasteiger partial charge in [-0.15, -0.1) is 0 Å². The van der Waals surface area contributed by atoms with Crippen molar-refractivity contribution in [1.82, 2.24) is 15.5 Å². The maximum Gasteiger partial charge on any atom is 0.407 e. The molecule has 1 aromatic rings. The zero-order chi connectivity index (χ0) is 18.4. The van der Waals surface area contributed by atoms with Crippen molar-refractivity contribution in [3.8, 4) is 0 Å². The van der Waals surface area contributed by atoms with Crippen LogP contribution in [0.25, 0.3) is 0 Å². The molecule has 26 heavy (non-hydrogen) atoms. The van der Waals surface area contributed by atoms with Crippen molar-refractivity contribution in [2.75, 3.05) is 32.8 Å². The van der Waals surface area contributed by atoms with Crippen LogP contribution in [-0.2, 0) is 16.1 Å². The molecule has 2 N–H and O–H groups in total. The molecule has 0 unspecified atom stereocenters. The van der Waals surface area contributed by atoms with Gasteiger partial charge in [0.25, 0.3) is 0 Å². The van der Waals surface area contributed by atoms with Crippen molar-refractivity contribution in [1.29, 1.82) is 0 Å². The molecule has 1 aliphatic carbocycles. The topological polar surface area (TPSA) is 62.8 Å². The second-order valence-corrected chi connectivity index (χ2v) is 7.86. The normalized spacial score (nSPS) is 23.9. The van der Waals surface area contributed by atoms with E-state index in [9.17, 15) is 4.79 Å². The van der Waals surface area contributed by atoms with Crippen molar-refractivity contribution >= 4 is 6.09 Å². The molecular formula is C20H31N3O3. The van der Waals surface area contributed by atoms with Gasteiger partial charge in [-0.1, -0.05) is 30.3 Å². The van der Waals surface area contributed by atoms with Gasteiger partial charge in [-0.3, -0.25) is 4.90 Å². The summed E-state index contributed by atoms with van der Waals surface area (Å²) in [5.74, 6) is 0. The van der Waals surface area contributed by atoms with E-state index in [1.165, 1.54) is 0 Å². The SMILES string of the molecule is CC(C)(CNC1CC(NC(=O)OCc2ccccc2)C1)N1CCOCC1. The number of carbonyl (C=O) groups is 1. The summed E-state index contributed by atoms with van der Waals surface area (Å²) in [6.45, 7) is 9.46. The van der Waals surface area contributed by atoms with E-state index in [0.717, 1.165) is 51.3 Å². The Hall–Kier alpha value is -1.63. The van der Waals surface area contributed by atoms with E-state index in [0.29, 0.717) is 12.6 Å². The number of hydrogen-bond acceptors (Lipinski definition) is 5. The quantitative estimate of drug-likeness (QED) is 0.779. The molecule has 0 spiro atoms. The van der Waals surface area contributed by atoms with E-state index in [-0.39, 0.29) is 17.7 Å². The smallest absolute Gasteiger partial charge is 0.407 e. The van der Waals surface area contributed by atoms with E-state index in [1.807, 2.05) is 30.3 Å². The van der Waals surface area contributed by atoms with Gasteiger partial charge < -0.3 is 20.1 Å². The predicted molar refractivity (Wildman–Crippen MR) is 101 cm³/mol. The number of amides is 1. The van der Waals surface area contributed by atoms with Gasteiger partial charge in [-0.05, 0) is 32.3 Å². The highest BCUT2D eigenvalue weighted by atomic mass is 16.5. The summed E-state index contributed by atoms with van der Waals surface area (Å²) >= 11 is 0. The van der Waals surface area contributed by atoms with Gasteiger partial charge in [0.15, 0.2) is 0 Å². The van der Waals surface area contributed by atoms with Crippen LogP contribution in [0, 0.1) is 0 Å². The Labute approximate surface area is 156 Å². The van der Waals surface area contributed by atoms with Crippen LogP contribution in [0.4, 0.5) is 4.79 Å². The maximum absolute atomic E-state index is 11.9. The zero-order valence-corrected chi connectivity index (χ0v) is 15.9. The molecule has 1 aliphatic heterocycles. The van der Waals surface area contributed by atoms with E-state index >= 15 is 0 Å². The first-order chi connectivity index (χ1) is 12.5. The molecule has 0 bridgehead atoms. The fourth-order valence-corrected chi connectivity index (χ4v) is 3.51. The largest absolute Gasteiger partial charge is 0.445 e. The molecule has 2 fully saturated rings. The van der Waals surface area contributed by atoms with Crippen LogP contribution in [0.2, 0.25) is 0 Å². The van der Waals surface area contributed by atoms with Crippen molar-refractivity contribution in [3.05, 3.63) is 35.9 Å². The number of hydrogen-bond donors (Lipinski definition) is 2. The highest BCUT2D eigenvalue weighted by Crippen LogP contribution is 2.22. The Kier molecular flexibility index (Phi) is 6.51. The molecule has 1 saturated carbocycles. The zero-order valence-electron chi connectivity index (χ0n) is 15.9. The first kappa shape index (κ1) is 19.1. The lowest BCUT2D eigenvalue weighted by atomic mass is 9.86. The second-order valence-electron chi connectivity index (χ2n) is 7.86. The minimum Gasteiger partial charge on any atom is -0.445 e. The molecule has 1 heterocycles. The van der Waals surface area contributed by atoms with Crippen LogP contribution in [0.15, 0.2) is 30.3 Å². The summed E-state index contributed by atoms with van der Waals surface area (Å²) in [6.07, 6.45) is 1.59. The Bertz CT molecular complexity index is 567. The third-order valence-electron chi connectivity index (χ3n) is 5.36. The van der Waals surface area contributed by atoms with E-state index in [2.05, 4.69) is 29.4 Å². The van der Waals surface area contributed by atoms with Gasteiger partial charge in [-0.25, -0.2) is 4.79 Å². The first-order valence-electron chi connectivity index (χ1n) is 9.56. The Morgan fingerprint density at radius 2 is 1.88 bits per heavy atom. The van der Waals surface area contributed by atoms with Crippen molar-refractivity contribution in [2.45, 2.75) is 50.9 Å². The van der Waals surface area contributed by atoms with Crippen molar-refractivity contribution < 1.29 is 14.3 Å². The molecule has 0 aromatic heterocycles. The summed E-state index contributed by atoms with van der Waals surface area (Å²) in [7, 11) is 0. The molecule has 2 aliphatic rings. The first-order valence-corrected chi connectivity index (χ1v) is 9.56. The Balaban J connectivity index is 1.29. The number of benzene rings is 1. The monoisotopic (exact) mass is 361 g/mol. The van der Waals surface area contributed by atoms with Crippen LogP contribution in [-0.4, -0.2) is 61.5 Å². The number of rotatable bonds is 7. The Morgan fingerprint density at radius 1 is 1.19 bits per heavy atom. The summed E-state index contributed by atoms with van der Waals surface area (Å²) in [5.41, 5.74) is 1.12. The van der Waals surface area contributed by atoms with E-state index in [1.54, 1.807) is 0 Å². The number of morpholine rings is 1. The lowest BCUT2D eigenvalue weighted by Gasteiger charge is -2.43. The average molecular weight is 361 g/mol. The van der Waals surface area contributed by atoms with Gasteiger partial charge in [-0.2, -0.15) is 0 Å². The van der Waals surface area contributed by atoms with Crippen LogP contribution < -0.4 is 10.6 Å². The van der Waals surface area contributed by atoms with Gasteiger partial charge >= 0.3 is 6.09 Å². The molecule has 0 atom stereocenters. The van der Waals surface area contributed by atoms with E-state index < -0.39 is 0 Å². The molecule has 6 nitrogen and oxygen atoms in total. The van der Waals surface area contributed by atoms with Crippen LogP contribution in [0.3, 0.4) is 0 Å². The number of ether oxygens (including phenoxy) is 2. The molecule has 144 valence electrons. The predicted octanol–water partition coefficient (Wildman–Crippen LogP) is 2.14. The maximum atomic E-state index is 11.9. The number of nitrogens with one attached hydrogen (secondary N) is 2. The molecule has 1 amide bonds. The fraction of sp³-hybridized carbons (Fsp3) is 0.650. The summed E-state index contributed by atoms with van der Waals surface area (Å²) in [4.78, 5) is 14.4. The van der Waals surface area contributed by atoms with Gasteiger partial charge in [0.2, 0.25) is 0 Å². The lowest BCUT2D eigenvalue weighted by Crippen LogP contribution is -2.59.